The van der Waals surface area contributed by atoms with Gasteiger partial charge in [-0.1, -0.05) is 47.3 Å². The quantitative estimate of drug-likeness (QED) is 0.398. The van der Waals surface area contributed by atoms with Crippen LogP contribution >= 0.6 is 0 Å². The third-order valence-corrected chi connectivity index (χ3v) is 5.73. The van der Waals surface area contributed by atoms with Crippen LogP contribution in [0.15, 0.2) is 78.9 Å². The fraction of sp³-hybridized carbons (Fsp3) is 0.0800. The summed E-state index contributed by atoms with van der Waals surface area (Å²) in [5.74, 6) is -0.375. The van der Waals surface area contributed by atoms with Gasteiger partial charge in [0.2, 0.25) is 11.9 Å². The Morgan fingerprint density at radius 3 is 2.57 bits per heavy atom. The van der Waals surface area contributed by atoms with Crippen molar-refractivity contribution in [3.8, 4) is 5.88 Å². The smallest absolute Gasteiger partial charge is 0.258 e. The number of hydrogen-bond acceptors (Lipinski definition) is 7. The summed E-state index contributed by atoms with van der Waals surface area (Å²) in [4.78, 5) is 29.4. The Labute approximate surface area is 198 Å². The van der Waals surface area contributed by atoms with Crippen LogP contribution in [0.1, 0.15) is 17.0 Å². The topological polar surface area (TPSA) is 107 Å². The number of aromatic nitrogens is 5. The Morgan fingerprint density at radius 1 is 0.971 bits per heavy atom. The normalized spacial score (nSPS) is 14.9. The number of fused-ring (bicyclic) bond motifs is 2. The number of amides is 1. The molecule has 1 unspecified atom stereocenters. The van der Waals surface area contributed by atoms with Gasteiger partial charge in [0.25, 0.3) is 5.88 Å². The van der Waals surface area contributed by atoms with Gasteiger partial charge in [-0.3, -0.25) is 4.79 Å². The number of nitrogens with one attached hydrogen (secondary N) is 2. The number of anilines is 3. The number of rotatable bonds is 5. The molecule has 0 bridgehead atoms. The van der Waals surface area contributed by atoms with E-state index in [-0.39, 0.29) is 30.0 Å². The van der Waals surface area contributed by atoms with Gasteiger partial charge < -0.3 is 15.5 Å². The van der Waals surface area contributed by atoms with Crippen LogP contribution < -0.4 is 15.5 Å². The second kappa shape index (κ2) is 8.49. The molecule has 172 valence electrons. The molecule has 1 aliphatic heterocycles. The minimum absolute atomic E-state index is 0.219. The molecule has 6 rings (SSSR count). The molecule has 0 fully saturated rings. The van der Waals surface area contributed by atoms with E-state index in [1.165, 1.54) is 17.0 Å². The second-order valence-electron chi connectivity index (χ2n) is 8.01. The highest BCUT2D eigenvalue weighted by atomic mass is 19.1. The van der Waals surface area contributed by atoms with Gasteiger partial charge in [0.1, 0.15) is 22.7 Å². The van der Waals surface area contributed by atoms with Crippen LogP contribution in [0.25, 0.3) is 11.0 Å². The standard InChI is InChI=1S/C25H18FN7O2/c26-16-12-10-15(11-13-16)18-14-19-22(28-23(18)34)29-25(27-17-6-2-1-3-7-17)30-24(19)35-33-21-9-5-4-8-20(21)31-32-33/h1-13,18H,14H2,(H2,27,28,29,30,34). The third kappa shape index (κ3) is 4.01. The van der Waals surface area contributed by atoms with Crippen LogP contribution in [0.3, 0.4) is 0 Å². The number of benzene rings is 3. The fourth-order valence-electron chi connectivity index (χ4n) is 3.99. The number of nitrogens with zero attached hydrogens (tertiary/aromatic N) is 5. The molecular formula is C25H18FN7O2. The van der Waals surface area contributed by atoms with Gasteiger partial charge in [0.15, 0.2) is 0 Å². The zero-order valence-corrected chi connectivity index (χ0v) is 18.2. The van der Waals surface area contributed by atoms with E-state index in [2.05, 4.69) is 30.9 Å². The van der Waals surface area contributed by atoms with E-state index in [1.807, 2.05) is 54.6 Å². The summed E-state index contributed by atoms with van der Waals surface area (Å²) in [6, 6.07) is 22.6. The van der Waals surface area contributed by atoms with E-state index in [4.69, 9.17) is 4.84 Å². The van der Waals surface area contributed by atoms with Crippen LogP contribution in [-0.4, -0.2) is 31.0 Å². The highest BCUT2D eigenvalue weighted by Crippen LogP contribution is 2.36. The molecule has 1 aliphatic rings. The van der Waals surface area contributed by atoms with Crippen LogP contribution in [-0.2, 0) is 11.2 Å². The molecule has 0 spiro atoms. The van der Waals surface area contributed by atoms with E-state index >= 15 is 0 Å². The molecule has 0 radical (unpaired) electrons. The highest BCUT2D eigenvalue weighted by Gasteiger charge is 2.32. The largest absolute Gasteiger partial charge is 0.335 e. The van der Waals surface area contributed by atoms with Gasteiger partial charge in [-0.2, -0.15) is 9.97 Å². The van der Waals surface area contributed by atoms with Gasteiger partial charge in [-0.15, -0.1) is 5.10 Å². The maximum absolute atomic E-state index is 13.5. The lowest BCUT2D eigenvalue weighted by Crippen LogP contribution is -2.30. The maximum atomic E-state index is 13.5. The van der Waals surface area contributed by atoms with Gasteiger partial charge in [0, 0.05) is 5.69 Å². The average molecular weight is 467 g/mol. The molecule has 9 nitrogen and oxygen atoms in total. The summed E-state index contributed by atoms with van der Waals surface area (Å²) >= 11 is 0. The van der Waals surface area contributed by atoms with Crippen molar-refractivity contribution < 1.29 is 14.0 Å². The molecule has 1 amide bonds. The zero-order chi connectivity index (χ0) is 23.8. The van der Waals surface area contributed by atoms with Crippen LogP contribution in [0.2, 0.25) is 0 Å². The van der Waals surface area contributed by atoms with Crippen LogP contribution in [0, 0.1) is 5.82 Å². The number of halogens is 1. The first-order valence-corrected chi connectivity index (χ1v) is 10.9. The minimum atomic E-state index is -0.561. The Kier molecular flexibility index (Phi) is 5.03. The lowest BCUT2D eigenvalue weighted by atomic mass is 9.89. The van der Waals surface area contributed by atoms with E-state index < -0.39 is 5.92 Å². The zero-order valence-electron chi connectivity index (χ0n) is 18.2. The Bertz CT molecular complexity index is 1540. The lowest BCUT2D eigenvalue weighted by molar-refractivity contribution is -0.117. The summed E-state index contributed by atoms with van der Waals surface area (Å²) < 4.78 is 13.5. The van der Waals surface area contributed by atoms with Crippen molar-refractivity contribution in [2.45, 2.75) is 12.3 Å². The molecule has 1 atom stereocenters. The van der Waals surface area contributed by atoms with E-state index in [1.54, 1.807) is 12.1 Å². The van der Waals surface area contributed by atoms with Gasteiger partial charge in [-0.05, 0) is 53.6 Å². The molecule has 0 saturated heterocycles. The average Bonchev–Trinajstić information content (AvgIpc) is 3.28. The van der Waals surface area contributed by atoms with Crippen molar-refractivity contribution in [3.63, 3.8) is 0 Å². The predicted octanol–water partition coefficient (Wildman–Crippen LogP) is 4.22. The molecule has 0 saturated carbocycles. The molecule has 35 heavy (non-hydrogen) atoms. The first-order valence-electron chi connectivity index (χ1n) is 10.9. The lowest BCUT2D eigenvalue weighted by Gasteiger charge is -2.25. The van der Waals surface area contributed by atoms with Gasteiger partial charge in [-0.25, -0.2) is 4.39 Å². The van der Waals surface area contributed by atoms with Crippen LogP contribution in [0.5, 0.6) is 5.88 Å². The molecular weight excluding hydrogens is 449 g/mol. The minimum Gasteiger partial charge on any atom is -0.335 e. The number of hydrogen-bond donors (Lipinski definition) is 2. The molecule has 3 heterocycles. The Morgan fingerprint density at radius 2 is 1.74 bits per heavy atom. The van der Waals surface area contributed by atoms with Crippen molar-refractivity contribution in [1.29, 1.82) is 0 Å². The molecule has 2 aromatic heterocycles. The Hall–Kier alpha value is -4.86. The van der Waals surface area contributed by atoms with Crippen molar-refractivity contribution in [2.75, 3.05) is 10.6 Å². The number of carbonyl (C=O) groups is 1. The third-order valence-electron chi connectivity index (χ3n) is 5.73. The van der Waals surface area contributed by atoms with Crippen molar-refractivity contribution >= 4 is 34.4 Å². The van der Waals surface area contributed by atoms with E-state index in [0.29, 0.717) is 28.0 Å². The summed E-state index contributed by atoms with van der Waals surface area (Å²) in [5.41, 5.74) is 3.37. The summed E-state index contributed by atoms with van der Waals surface area (Å²) in [5, 5.41) is 14.2. The monoisotopic (exact) mass is 467 g/mol. The maximum Gasteiger partial charge on any atom is 0.258 e. The molecule has 2 N–H and O–H groups in total. The van der Waals surface area contributed by atoms with Crippen molar-refractivity contribution in [2.24, 2.45) is 0 Å². The van der Waals surface area contributed by atoms with E-state index in [0.717, 1.165) is 5.69 Å². The highest BCUT2D eigenvalue weighted by molar-refractivity contribution is 5.98. The molecule has 10 heteroatoms. The summed E-state index contributed by atoms with van der Waals surface area (Å²) in [7, 11) is 0. The van der Waals surface area contributed by atoms with Crippen LogP contribution in [0.4, 0.5) is 21.8 Å². The summed E-state index contributed by atoms with van der Waals surface area (Å²) in [6.07, 6.45) is 0.264. The fourth-order valence-corrected chi connectivity index (χ4v) is 3.99. The first-order chi connectivity index (χ1) is 17.1. The summed E-state index contributed by atoms with van der Waals surface area (Å²) in [6.45, 7) is 0. The SMILES string of the molecule is O=C1Nc2nc(Nc3ccccc3)nc(On3nnc4ccccc43)c2CC1c1ccc(F)cc1. The second-order valence-corrected chi connectivity index (χ2v) is 8.01. The van der Waals surface area contributed by atoms with Gasteiger partial charge in [0.05, 0.1) is 11.5 Å². The molecule has 0 aliphatic carbocycles. The molecule has 5 aromatic rings. The van der Waals surface area contributed by atoms with Crippen molar-refractivity contribution in [1.82, 2.24) is 25.1 Å². The molecule has 3 aromatic carbocycles. The van der Waals surface area contributed by atoms with E-state index in [9.17, 15) is 9.18 Å². The van der Waals surface area contributed by atoms with Crippen molar-refractivity contribution in [3.05, 3.63) is 95.8 Å². The van der Waals surface area contributed by atoms with Gasteiger partial charge >= 0.3 is 0 Å². The number of para-hydroxylation sites is 2. The Balaban J connectivity index is 1.42. The predicted molar refractivity (Wildman–Crippen MR) is 127 cm³/mol. The first kappa shape index (κ1) is 20.7. The number of carbonyl (C=O) groups excluding carboxylic acids is 1.